The summed E-state index contributed by atoms with van der Waals surface area (Å²) >= 11 is 6.13. The van der Waals surface area contributed by atoms with E-state index in [2.05, 4.69) is 22.8 Å². The average molecular weight is 235 g/mol. The minimum Gasteiger partial charge on any atom is -0.349 e. The number of benzene rings is 1. The van der Waals surface area contributed by atoms with Gasteiger partial charge in [0.15, 0.2) is 0 Å². The van der Waals surface area contributed by atoms with Crippen LogP contribution in [0.2, 0.25) is 5.02 Å². The molecule has 1 saturated carbocycles. The molecule has 3 heteroatoms. The molecule has 0 aliphatic heterocycles. The van der Waals surface area contributed by atoms with Crippen molar-refractivity contribution in [1.82, 2.24) is 4.57 Å². The summed E-state index contributed by atoms with van der Waals surface area (Å²) in [4.78, 5) is 0. The molecule has 3 rings (SSSR count). The number of hydrogen-bond acceptors (Lipinski definition) is 1. The summed E-state index contributed by atoms with van der Waals surface area (Å²) in [6.45, 7) is 0. The van der Waals surface area contributed by atoms with E-state index in [1.165, 1.54) is 11.1 Å². The smallest absolute Gasteiger partial charge is 0.0661 e. The van der Waals surface area contributed by atoms with Gasteiger partial charge < -0.3 is 10.3 Å². The van der Waals surface area contributed by atoms with Crippen molar-refractivity contribution >= 4 is 22.5 Å². The molecule has 0 unspecified atom stereocenters. The molecule has 1 heterocycles. The minimum absolute atomic E-state index is 0.0721. The van der Waals surface area contributed by atoms with Crippen LogP contribution in [0.4, 0.5) is 0 Å². The average Bonchev–Trinajstić information content (AvgIpc) is 2.88. The normalized spacial score (nSPS) is 17.9. The second kappa shape index (κ2) is 3.25. The van der Waals surface area contributed by atoms with Gasteiger partial charge in [-0.25, -0.2) is 0 Å². The predicted molar refractivity (Wildman–Crippen MR) is 67.8 cm³/mol. The lowest BCUT2D eigenvalue weighted by atomic mass is 10.0. The molecule has 16 heavy (non-hydrogen) atoms. The van der Waals surface area contributed by atoms with Crippen LogP contribution in [0.5, 0.6) is 0 Å². The number of nitrogens with zero attached hydrogens (tertiary/aromatic N) is 1. The van der Waals surface area contributed by atoms with E-state index in [4.69, 9.17) is 17.3 Å². The summed E-state index contributed by atoms with van der Waals surface area (Å²) in [7, 11) is 2.02. The Hall–Kier alpha value is -0.990. The SMILES string of the molecule is Cn1cc(Cl)c2ccc(CC3(N)CC3)cc21. The molecule has 0 amide bonds. The van der Waals surface area contributed by atoms with E-state index >= 15 is 0 Å². The minimum atomic E-state index is 0.0721. The topological polar surface area (TPSA) is 30.9 Å². The summed E-state index contributed by atoms with van der Waals surface area (Å²) < 4.78 is 2.07. The highest BCUT2D eigenvalue weighted by atomic mass is 35.5. The molecule has 1 fully saturated rings. The van der Waals surface area contributed by atoms with E-state index in [1.807, 2.05) is 13.2 Å². The fourth-order valence-corrected chi connectivity index (χ4v) is 2.54. The maximum Gasteiger partial charge on any atom is 0.0661 e. The first-order valence-corrected chi connectivity index (χ1v) is 5.98. The zero-order chi connectivity index (χ0) is 11.3. The first kappa shape index (κ1) is 10.2. The lowest BCUT2D eigenvalue weighted by molar-refractivity contribution is 0.672. The Morgan fingerprint density at radius 2 is 2.19 bits per heavy atom. The van der Waals surface area contributed by atoms with Crippen LogP contribution in [0.25, 0.3) is 10.9 Å². The molecule has 84 valence electrons. The van der Waals surface area contributed by atoms with Gasteiger partial charge >= 0.3 is 0 Å². The van der Waals surface area contributed by atoms with E-state index in [-0.39, 0.29) is 5.54 Å². The molecule has 2 aromatic rings. The van der Waals surface area contributed by atoms with Crippen molar-refractivity contribution in [3.63, 3.8) is 0 Å². The fourth-order valence-electron chi connectivity index (χ4n) is 2.23. The van der Waals surface area contributed by atoms with E-state index in [0.29, 0.717) is 0 Å². The standard InChI is InChI=1S/C13H15ClN2/c1-16-8-11(14)10-3-2-9(6-12(10)16)7-13(15)4-5-13/h2-3,6,8H,4-5,7,15H2,1H3. The quantitative estimate of drug-likeness (QED) is 0.851. The van der Waals surface area contributed by atoms with Crippen LogP contribution in [-0.4, -0.2) is 10.1 Å². The summed E-state index contributed by atoms with van der Waals surface area (Å²) in [6.07, 6.45) is 5.23. The number of rotatable bonds is 2. The van der Waals surface area contributed by atoms with Gasteiger partial charge in [0, 0.05) is 29.7 Å². The summed E-state index contributed by atoms with van der Waals surface area (Å²) in [5.41, 5.74) is 8.70. The molecule has 0 radical (unpaired) electrons. The molecule has 0 atom stereocenters. The van der Waals surface area contributed by atoms with Crippen molar-refractivity contribution in [3.05, 3.63) is 35.0 Å². The van der Waals surface area contributed by atoms with E-state index < -0.39 is 0 Å². The van der Waals surface area contributed by atoms with Gasteiger partial charge in [-0.1, -0.05) is 23.7 Å². The van der Waals surface area contributed by atoms with Crippen molar-refractivity contribution in [2.75, 3.05) is 0 Å². The zero-order valence-corrected chi connectivity index (χ0v) is 10.1. The molecule has 1 aromatic heterocycles. The van der Waals surface area contributed by atoms with E-state index in [1.54, 1.807) is 0 Å². The van der Waals surface area contributed by atoms with Gasteiger partial charge in [-0.3, -0.25) is 0 Å². The van der Waals surface area contributed by atoms with Crippen LogP contribution in [0, 0.1) is 0 Å². The molecular formula is C13H15ClN2. The summed E-state index contributed by atoms with van der Waals surface area (Å²) in [5, 5.41) is 1.94. The van der Waals surface area contributed by atoms with Gasteiger partial charge in [-0.05, 0) is 30.9 Å². The van der Waals surface area contributed by atoms with Gasteiger partial charge in [-0.2, -0.15) is 0 Å². The highest BCUT2D eigenvalue weighted by Crippen LogP contribution is 2.36. The van der Waals surface area contributed by atoms with Crippen molar-refractivity contribution in [1.29, 1.82) is 0 Å². The highest BCUT2D eigenvalue weighted by molar-refractivity contribution is 6.35. The maximum absolute atomic E-state index is 6.13. The first-order valence-electron chi connectivity index (χ1n) is 5.60. The first-order chi connectivity index (χ1) is 7.57. The van der Waals surface area contributed by atoms with E-state index in [0.717, 1.165) is 29.7 Å². The Balaban J connectivity index is 2.04. The largest absolute Gasteiger partial charge is 0.349 e. The molecule has 2 nitrogen and oxygen atoms in total. The molecule has 1 aliphatic rings. The molecule has 0 bridgehead atoms. The van der Waals surface area contributed by atoms with Gasteiger partial charge in [0.25, 0.3) is 0 Å². The maximum atomic E-state index is 6.13. The Kier molecular flexibility index (Phi) is 2.07. The Bertz CT molecular complexity index is 552. The number of aromatic nitrogens is 1. The lowest BCUT2D eigenvalue weighted by Gasteiger charge is -2.08. The van der Waals surface area contributed by atoms with Gasteiger partial charge in [0.2, 0.25) is 0 Å². The van der Waals surface area contributed by atoms with Crippen molar-refractivity contribution in [3.8, 4) is 0 Å². The number of nitrogens with two attached hydrogens (primary N) is 1. The second-order valence-corrected chi connectivity index (χ2v) is 5.39. The highest BCUT2D eigenvalue weighted by Gasteiger charge is 2.37. The third-order valence-electron chi connectivity index (χ3n) is 3.45. The predicted octanol–water partition coefficient (Wildman–Crippen LogP) is 2.87. The molecule has 2 N–H and O–H groups in total. The number of aryl methyl sites for hydroxylation is 1. The Morgan fingerprint density at radius 1 is 1.44 bits per heavy atom. The molecule has 1 aromatic carbocycles. The second-order valence-electron chi connectivity index (χ2n) is 4.98. The van der Waals surface area contributed by atoms with Crippen LogP contribution in [0.1, 0.15) is 18.4 Å². The van der Waals surface area contributed by atoms with Crippen LogP contribution in [-0.2, 0) is 13.5 Å². The number of hydrogen-bond donors (Lipinski definition) is 1. The molecule has 0 saturated heterocycles. The van der Waals surface area contributed by atoms with Crippen LogP contribution < -0.4 is 5.73 Å². The lowest BCUT2D eigenvalue weighted by Crippen LogP contribution is -2.24. The van der Waals surface area contributed by atoms with Gasteiger partial charge in [0.1, 0.15) is 0 Å². The van der Waals surface area contributed by atoms with Crippen molar-refractivity contribution in [2.45, 2.75) is 24.8 Å². The monoisotopic (exact) mass is 234 g/mol. The van der Waals surface area contributed by atoms with Crippen molar-refractivity contribution < 1.29 is 0 Å². The van der Waals surface area contributed by atoms with Gasteiger partial charge in [0.05, 0.1) is 5.02 Å². The zero-order valence-electron chi connectivity index (χ0n) is 9.33. The van der Waals surface area contributed by atoms with Crippen LogP contribution >= 0.6 is 11.6 Å². The summed E-state index contributed by atoms with van der Waals surface area (Å²) in [6, 6.07) is 6.44. The van der Waals surface area contributed by atoms with E-state index in [9.17, 15) is 0 Å². The van der Waals surface area contributed by atoms with Crippen LogP contribution in [0.3, 0.4) is 0 Å². The van der Waals surface area contributed by atoms with Gasteiger partial charge in [-0.15, -0.1) is 0 Å². The third-order valence-corrected chi connectivity index (χ3v) is 3.76. The Morgan fingerprint density at radius 3 is 2.88 bits per heavy atom. The summed E-state index contributed by atoms with van der Waals surface area (Å²) in [5.74, 6) is 0. The fraction of sp³-hybridized carbons (Fsp3) is 0.385. The van der Waals surface area contributed by atoms with Crippen LogP contribution in [0.15, 0.2) is 24.4 Å². The number of fused-ring (bicyclic) bond motifs is 1. The third kappa shape index (κ3) is 1.62. The molecule has 0 spiro atoms. The number of halogens is 1. The molecular weight excluding hydrogens is 220 g/mol. The molecule has 1 aliphatic carbocycles. The van der Waals surface area contributed by atoms with Crippen molar-refractivity contribution in [2.24, 2.45) is 12.8 Å². The Labute approximate surface area is 100.0 Å².